The third kappa shape index (κ3) is 1.20. The van der Waals surface area contributed by atoms with Gasteiger partial charge in [-0.1, -0.05) is 6.07 Å². The lowest BCUT2D eigenvalue weighted by Crippen LogP contribution is -2.72. The Morgan fingerprint density at radius 3 is 2.67 bits per heavy atom. The van der Waals surface area contributed by atoms with E-state index in [9.17, 15) is 0 Å². The first-order valence-electron chi connectivity index (χ1n) is 8.00. The van der Waals surface area contributed by atoms with Crippen LogP contribution in [0.5, 0.6) is 0 Å². The van der Waals surface area contributed by atoms with Crippen molar-refractivity contribution in [1.82, 2.24) is 0 Å². The van der Waals surface area contributed by atoms with E-state index in [2.05, 4.69) is 58.6 Å². The molecule has 5 heterocycles. The van der Waals surface area contributed by atoms with Crippen molar-refractivity contribution in [2.75, 3.05) is 4.90 Å². The minimum absolute atomic E-state index is 0.258. The molecule has 0 N–H and O–H groups in total. The monoisotopic (exact) mass is 297 g/mol. The van der Waals surface area contributed by atoms with Crippen molar-refractivity contribution < 1.29 is 4.57 Å². The molecule has 1 atom stereocenters. The van der Waals surface area contributed by atoms with Crippen LogP contribution in [-0.2, 0) is 18.0 Å². The SMILES string of the molecule is CC1N(c2cccc[n+]2C)C23CCC1(CC2)c1cscc13. The molecular weight excluding hydrogens is 276 g/mol. The molecule has 3 aliphatic carbocycles. The molecule has 3 heteroatoms. The smallest absolute Gasteiger partial charge is 0.249 e. The number of piperidine rings is 2. The van der Waals surface area contributed by atoms with E-state index in [0.29, 0.717) is 11.5 Å². The molecule has 2 bridgehead atoms. The molecule has 21 heavy (non-hydrogen) atoms. The number of aromatic nitrogens is 1. The fraction of sp³-hybridized carbons (Fsp3) is 0.500. The lowest BCUT2D eigenvalue weighted by Gasteiger charge is -2.65. The van der Waals surface area contributed by atoms with E-state index < -0.39 is 0 Å². The summed E-state index contributed by atoms with van der Waals surface area (Å²) in [5, 5.41) is 4.88. The highest BCUT2D eigenvalue weighted by molar-refractivity contribution is 7.08. The fourth-order valence-corrected chi connectivity index (χ4v) is 6.55. The number of hydrogen-bond acceptors (Lipinski definition) is 2. The van der Waals surface area contributed by atoms with Gasteiger partial charge >= 0.3 is 0 Å². The van der Waals surface area contributed by atoms with Crippen molar-refractivity contribution in [2.45, 2.75) is 49.6 Å². The van der Waals surface area contributed by atoms with Gasteiger partial charge in [-0.05, 0) is 55.0 Å². The molecule has 6 aliphatic rings. The number of hydrogen-bond donors (Lipinski definition) is 0. The lowest BCUT2D eigenvalue weighted by atomic mass is 9.48. The highest BCUT2D eigenvalue weighted by Crippen LogP contribution is 2.66. The maximum absolute atomic E-state index is 2.76. The first-order valence-corrected chi connectivity index (χ1v) is 8.94. The zero-order chi connectivity index (χ0) is 14.2. The van der Waals surface area contributed by atoms with Crippen LogP contribution >= 0.6 is 11.3 Å². The molecule has 0 spiro atoms. The Hall–Kier alpha value is -1.35. The maximum Gasteiger partial charge on any atom is 0.277 e. The summed E-state index contributed by atoms with van der Waals surface area (Å²) in [7, 11) is 2.18. The van der Waals surface area contributed by atoms with Crippen LogP contribution in [0.15, 0.2) is 35.2 Å². The van der Waals surface area contributed by atoms with Crippen LogP contribution in [0.1, 0.15) is 43.7 Å². The van der Waals surface area contributed by atoms with Gasteiger partial charge < -0.3 is 0 Å². The van der Waals surface area contributed by atoms with E-state index in [1.54, 1.807) is 11.1 Å². The highest BCUT2D eigenvalue weighted by Gasteiger charge is 2.69. The van der Waals surface area contributed by atoms with Gasteiger partial charge in [0.05, 0.1) is 13.2 Å². The van der Waals surface area contributed by atoms with E-state index in [4.69, 9.17) is 0 Å². The summed E-state index contributed by atoms with van der Waals surface area (Å²) in [5.41, 5.74) is 3.99. The number of pyridine rings is 1. The second kappa shape index (κ2) is 3.70. The first kappa shape index (κ1) is 12.2. The van der Waals surface area contributed by atoms with Gasteiger partial charge in [0.25, 0.3) is 5.82 Å². The number of thiophene rings is 1. The van der Waals surface area contributed by atoms with E-state index in [1.807, 2.05) is 11.3 Å². The highest BCUT2D eigenvalue weighted by atomic mass is 32.1. The van der Waals surface area contributed by atoms with E-state index >= 15 is 0 Å². The third-order valence-corrected chi connectivity index (χ3v) is 7.34. The van der Waals surface area contributed by atoms with Gasteiger partial charge in [-0.25, -0.2) is 9.47 Å². The molecule has 2 aromatic heterocycles. The summed E-state index contributed by atoms with van der Waals surface area (Å²) >= 11 is 1.91. The van der Waals surface area contributed by atoms with Crippen molar-refractivity contribution >= 4 is 17.2 Å². The van der Waals surface area contributed by atoms with Crippen molar-refractivity contribution in [3.8, 4) is 0 Å². The van der Waals surface area contributed by atoms with Crippen LogP contribution in [0.2, 0.25) is 0 Å². The number of nitrogens with zero attached hydrogens (tertiary/aromatic N) is 2. The van der Waals surface area contributed by atoms with Crippen molar-refractivity contribution in [1.29, 1.82) is 0 Å². The molecule has 0 radical (unpaired) electrons. The Morgan fingerprint density at radius 1 is 1.14 bits per heavy atom. The zero-order valence-electron chi connectivity index (χ0n) is 12.7. The predicted molar refractivity (Wildman–Crippen MR) is 85.7 cm³/mol. The summed E-state index contributed by atoms with van der Waals surface area (Å²) in [6.45, 7) is 2.46. The van der Waals surface area contributed by atoms with E-state index in [0.717, 1.165) is 0 Å². The molecule has 2 nitrogen and oxygen atoms in total. The van der Waals surface area contributed by atoms with Gasteiger partial charge in [0.1, 0.15) is 11.6 Å². The molecule has 3 fully saturated rings. The molecule has 2 saturated heterocycles. The molecule has 8 rings (SSSR count). The average molecular weight is 297 g/mol. The fourth-order valence-electron chi connectivity index (χ4n) is 5.50. The summed E-state index contributed by atoms with van der Waals surface area (Å²) in [6.07, 6.45) is 7.60. The summed E-state index contributed by atoms with van der Waals surface area (Å²) < 4.78 is 2.30. The molecule has 0 aromatic carbocycles. The van der Waals surface area contributed by atoms with Crippen LogP contribution in [0.3, 0.4) is 0 Å². The second-order valence-corrected chi connectivity index (χ2v) is 7.85. The summed E-state index contributed by atoms with van der Waals surface area (Å²) in [5.74, 6) is 1.38. The van der Waals surface area contributed by atoms with E-state index in [1.165, 1.54) is 31.5 Å². The van der Waals surface area contributed by atoms with Crippen molar-refractivity contribution in [3.63, 3.8) is 0 Å². The Kier molecular flexibility index (Phi) is 2.15. The van der Waals surface area contributed by atoms with Gasteiger partial charge in [0, 0.05) is 17.0 Å². The minimum atomic E-state index is 0.258. The zero-order valence-corrected chi connectivity index (χ0v) is 13.5. The summed E-state index contributed by atoms with van der Waals surface area (Å²) in [4.78, 5) is 2.76. The van der Waals surface area contributed by atoms with Crippen LogP contribution in [-0.4, -0.2) is 6.04 Å². The molecule has 1 saturated carbocycles. The molecule has 108 valence electrons. The minimum Gasteiger partial charge on any atom is -0.249 e. The molecule has 0 amide bonds. The third-order valence-electron chi connectivity index (χ3n) is 6.59. The molecule has 1 unspecified atom stereocenters. The average Bonchev–Trinajstić information content (AvgIpc) is 3.02. The van der Waals surface area contributed by atoms with Gasteiger partial charge in [0.15, 0.2) is 0 Å². The number of aryl methyl sites for hydroxylation is 1. The van der Waals surface area contributed by atoms with Crippen LogP contribution in [0.25, 0.3) is 0 Å². The van der Waals surface area contributed by atoms with Crippen LogP contribution in [0.4, 0.5) is 5.82 Å². The van der Waals surface area contributed by atoms with Crippen molar-refractivity contribution in [2.24, 2.45) is 7.05 Å². The van der Waals surface area contributed by atoms with E-state index in [-0.39, 0.29) is 5.54 Å². The summed E-state index contributed by atoms with van der Waals surface area (Å²) in [6, 6.07) is 7.21. The molecular formula is C18H21N2S+. The molecule has 2 aromatic rings. The maximum atomic E-state index is 2.76. The Bertz CT molecular complexity index is 724. The number of anilines is 1. The lowest BCUT2D eigenvalue weighted by molar-refractivity contribution is -0.659. The molecule has 3 aliphatic heterocycles. The van der Waals surface area contributed by atoms with Gasteiger partial charge in [0.2, 0.25) is 0 Å². The number of rotatable bonds is 1. The topological polar surface area (TPSA) is 7.12 Å². The standard InChI is InChI=1S/C18H21N2S/c1-13-17-6-8-18(9-7-17,15-12-21-11-14(15)17)20(13)16-5-3-4-10-19(16)2/h3-5,10-13H,6-9H2,1-2H3/q+1. The van der Waals surface area contributed by atoms with Gasteiger partial charge in [-0.15, -0.1) is 0 Å². The largest absolute Gasteiger partial charge is 0.277 e. The second-order valence-electron chi connectivity index (χ2n) is 7.10. The first-order chi connectivity index (χ1) is 10.2. The van der Waals surface area contributed by atoms with Crippen LogP contribution < -0.4 is 9.47 Å². The Morgan fingerprint density at radius 2 is 1.90 bits per heavy atom. The quantitative estimate of drug-likeness (QED) is 0.731. The van der Waals surface area contributed by atoms with Gasteiger partial charge in [-0.3, -0.25) is 0 Å². The Balaban J connectivity index is 1.80. The van der Waals surface area contributed by atoms with Crippen LogP contribution in [0, 0.1) is 0 Å². The predicted octanol–water partition coefficient (Wildman–Crippen LogP) is 3.50. The normalized spacial score (nSPS) is 36.1. The van der Waals surface area contributed by atoms with Gasteiger partial charge in [-0.2, -0.15) is 11.3 Å². The van der Waals surface area contributed by atoms with Crippen molar-refractivity contribution in [3.05, 3.63) is 46.3 Å². The Labute approximate surface area is 130 Å².